The lowest BCUT2D eigenvalue weighted by molar-refractivity contribution is -0.149. The molecule has 25 heavy (non-hydrogen) atoms. The van der Waals surface area contributed by atoms with Gasteiger partial charge in [-0.1, -0.05) is 28.1 Å². The van der Waals surface area contributed by atoms with E-state index < -0.39 is 0 Å². The van der Waals surface area contributed by atoms with Crippen LogP contribution in [-0.2, 0) is 16.1 Å². The third-order valence-corrected chi connectivity index (χ3v) is 4.89. The molecule has 138 valence electrons. The van der Waals surface area contributed by atoms with Gasteiger partial charge in [0.05, 0.1) is 19.1 Å². The Hall–Kier alpha value is -1.56. The van der Waals surface area contributed by atoms with Crippen LogP contribution >= 0.6 is 15.9 Å². The largest absolute Gasteiger partial charge is 0.466 e. The number of benzene rings is 1. The van der Waals surface area contributed by atoms with Crippen LogP contribution in [0.1, 0.15) is 45.1 Å². The number of halogens is 1. The molecular weight excluding hydrogens is 382 g/mol. The highest BCUT2D eigenvalue weighted by Gasteiger charge is 2.27. The minimum atomic E-state index is -0.0447. The Balaban J connectivity index is 1.86. The second-order valence-electron chi connectivity index (χ2n) is 6.27. The lowest BCUT2D eigenvalue weighted by atomic mass is 9.86. The quantitative estimate of drug-likeness (QED) is 0.427. The van der Waals surface area contributed by atoms with Crippen molar-refractivity contribution in [2.45, 2.75) is 52.1 Å². The number of carbonyl (C=O) groups is 1. The van der Waals surface area contributed by atoms with E-state index in [0.717, 1.165) is 42.7 Å². The van der Waals surface area contributed by atoms with Crippen LogP contribution < -0.4 is 10.6 Å². The number of nitrogens with zero attached hydrogens (tertiary/aromatic N) is 1. The summed E-state index contributed by atoms with van der Waals surface area (Å²) >= 11 is 3.45. The second kappa shape index (κ2) is 10.4. The van der Waals surface area contributed by atoms with Gasteiger partial charge in [0.1, 0.15) is 0 Å². The van der Waals surface area contributed by atoms with Crippen molar-refractivity contribution in [3.63, 3.8) is 0 Å². The van der Waals surface area contributed by atoms with Crippen LogP contribution in [-0.4, -0.2) is 31.1 Å². The van der Waals surface area contributed by atoms with Gasteiger partial charge in [0.15, 0.2) is 5.96 Å². The summed E-state index contributed by atoms with van der Waals surface area (Å²) in [6, 6.07) is 8.56. The second-order valence-corrected chi connectivity index (χ2v) is 7.18. The molecule has 1 aliphatic carbocycles. The van der Waals surface area contributed by atoms with Crippen LogP contribution in [0.15, 0.2) is 33.7 Å². The molecule has 1 fully saturated rings. The average molecular weight is 410 g/mol. The van der Waals surface area contributed by atoms with Crippen molar-refractivity contribution in [2.24, 2.45) is 10.9 Å². The summed E-state index contributed by atoms with van der Waals surface area (Å²) in [5.74, 6) is 0.849. The zero-order valence-corrected chi connectivity index (χ0v) is 16.6. The fourth-order valence-electron chi connectivity index (χ4n) is 3.01. The predicted molar refractivity (Wildman–Crippen MR) is 104 cm³/mol. The minimum Gasteiger partial charge on any atom is -0.466 e. The van der Waals surface area contributed by atoms with Crippen molar-refractivity contribution < 1.29 is 9.53 Å². The Bertz CT molecular complexity index is 567. The summed E-state index contributed by atoms with van der Waals surface area (Å²) in [6.07, 6.45) is 3.68. The molecular formula is C19H28BrN3O2. The van der Waals surface area contributed by atoms with Gasteiger partial charge in [0.2, 0.25) is 0 Å². The summed E-state index contributed by atoms with van der Waals surface area (Å²) in [6.45, 7) is 5.85. The maximum atomic E-state index is 11.8. The molecule has 0 unspecified atom stereocenters. The molecule has 6 heteroatoms. The van der Waals surface area contributed by atoms with Crippen molar-refractivity contribution in [3.8, 4) is 0 Å². The van der Waals surface area contributed by atoms with Gasteiger partial charge >= 0.3 is 5.97 Å². The summed E-state index contributed by atoms with van der Waals surface area (Å²) in [4.78, 5) is 16.5. The van der Waals surface area contributed by atoms with Crippen LogP contribution in [0, 0.1) is 5.92 Å². The Morgan fingerprint density at radius 1 is 1.20 bits per heavy atom. The SMILES string of the molecule is CCNC(=NCc1ccc(Br)cc1)NC1CCC(C(=O)OCC)CC1. The normalized spacial score (nSPS) is 20.8. The number of rotatable bonds is 6. The third kappa shape index (κ3) is 6.69. The number of nitrogens with one attached hydrogen (secondary N) is 2. The highest BCUT2D eigenvalue weighted by molar-refractivity contribution is 9.10. The first kappa shape index (κ1) is 19.8. The smallest absolute Gasteiger partial charge is 0.308 e. The Morgan fingerprint density at radius 3 is 2.48 bits per heavy atom. The molecule has 2 N–H and O–H groups in total. The third-order valence-electron chi connectivity index (χ3n) is 4.37. The van der Waals surface area contributed by atoms with E-state index in [9.17, 15) is 4.79 Å². The number of guanidine groups is 1. The van der Waals surface area contributed by atoms with Crippen LogP contribution in [0.5, 0.6) is 0 Å². The Morgan fingerprint density at radius 2 is 1.88 bits per heavy atom. The molecule has 1 saturated carbocycles. The van der Waals surface area contributed by atoms with Gasteiger partial charge in [-0.15, -0.1) is 0 Å². The van der Waals surface area contributed by atoms with E-state index in [-0.39, 0.29) is 11.9 Å². The molecule has 0 spiro atoms. The van der Waals surface area contributed by atoms with Gasteiger partial charge in [0.25, 0.3) is 0 Å². The average Bonchev–Trinajstić information content (AvgIpc) is 2.62. The van der Waals surface area contributed by atoms with Crippen molar-refractivity contribution in [1.82, 2.24) is 10.6 Å². The van der Waals surface area contributed by atoms with Crippen molar-refractivity contribution in [3.05, 3.63) is 34.3 Å². The number of ether oxygens (including phenoxy) is 1. The zero-order valence-electron chi connectivity index (χ0n) is 15.1. The molecule has 0 amide bonds. The standard InChI is InChI=1S/C19H28BrN3O2/c1-3-21-19(22-13-14-5-9-16(20)10-6-14)23-17-11-7-15(8-12-17)18(24)25-4-2/h5-6,9-10,15,17H,3-4,7-8,11-13H2,1-2H3,(H2,21,22,23). The van der Waals surface area contributed by atoms with Gasteiger partial charge < -0.3 is 15.4 Å². The summed E-state index contributed by atoms with van der Waals surface area (Å²) in [7, 11) is 0. The Labute approximate surface area is 158 Å². The molecule has 1 aliphatic rings. The van der Waals surface area contributed by atoms with Crippen molar-refractivity contribution in [1.29, 1.82) is 0 Å². The predicted octanol–water partition coefficient (Wildman–Crippen LogP) is 3.63. The molecule has 0 aromatic heterocycles. The number of hydrogen-bond acceptors (Lipinski definition) is 3. The van der Waals surface area contributed by atoms with E-state index in [0.29, 0.717) is 19.2 Å². The topological polar surface area (TPSA) is 62.7 Å². The van der Waals surface area contributed by atoms with E-state index in [2.05, 4.69) is 50.6 Å². The summed E-state index contributed by atoms with van der Waals surface area (Å²) < 4.78 is 6.21. The van der Waals surface area contributed by atoms with Crippen LogP contribution in [0.25, 0.3) is 0 Å². The lowest BCUT2D eigenvalue weighted by Gasteiger charge is -2.29. The van der Waals surface area contributed by atoms with Crippen LogP contribution in [0.4, 0.5) is 0 Å². The van der Waals surface area contributed by atoms with Crippen LogP contribution in [0.2, 0.25) is 0 Å². The zero-order chi connectivity index (χ0) is 18.1. The van der Waals surface area contributed by atoms with E-state index in [1.54, 1.807) is 0 Å². The highest BCUT2D eigenvalue weighted by atomic mass is 79.9. The minimum absolute atomic E-state index is 0.0447. The molecule has 1 aromatic carbocycles. The number of esters is 1. The maximum absolute atomic E-state index is 11.8. The van der Waals surface area contributed by atoms with Crippen molar-refractivity contribution in [2.75, 3.05) is 13.2 Å². The number of carbonyl (C=O) groups excluding carboxylic acids is 1. The molecule has 0 bridgehead atoms. The molecule has 0 saturated heterocycles. The van der Waals surface area contributed by atoms with Gasteiger partial charge in [-0.25, -0.2) is 4.99 Å². The lowest BCUT2D eigenvalue weighted by Crippen LogP contribution is -2.45. The van der Waals surface area contributed by atoms with Gasteiger partial charge in [-0.05, 0) is 57.2 Å². The van der Waals surface area contributed by atoms with Gasteiger partial charge in [-0.2, -0.15) is 0 Å². The first-order valence-corrected chi connectivity index (χ1v) is 9.87. The number of aliphatic imine (C=N–C) groups is 1. The molecule has 0 atom stereocenters. The first-order chi connectivity index (χ1) is 12.1. The maximum Gasteiger partial charge on any atom is 0.308 e. The Kier molecular flexibility index (Phi) is 8.25. The van der Waals surface area contributed by atoms with E-state index in [4.69, 9.17) is 4.74 Å². The molecule has 0 radical (unpaired) electrons. The van der Waals surface area contributed by atoms with E-state index in [1.165, 1.54) is 5.56 Å². The van der Waals surface area contributed by atoms with E-state index in [1.807, 2.05) is 19.1 Å². The monoisotopic (exact) mass is 409 g/mol. The first-order valence-electron chi connectivity index (χ1n) is 9.08. The molecule has 0 heterocycles. The molecule has 0 aliphatic heterocycles. The van der Waals surface area contributed by atoms with Gasteiger partial charge in [-0.3, -0.25) is 4.79 Å². The fourth-order valence-corrected chi connectivity index (χ4v) is 3.27. The summed E-state index contributed by atoms with van der Waals surface area (Å²) in [5.41, 5.74) is 1.17. The van der Waals surface area contributed by atoms with E-state index >= 15 is 0 Å². The molecule has 1 aromatic rings. The van der Waals surface area contributed by atoms with Crippen LogP contribution in [0.3, 0.4) is 0 Å². The molecule has 2 rings (SSSR count). The highest BCUT2D eigenvalue weighted by Crippen LogP contribution is 2.25. The summed E-state index contributed by atoms with van der Waals surface area (Å²) in [5, 5.41) is 6.81. The fraction of sp³-hybridized carbons (Fsp3) is 0.579. The molecule has 5 nitrogen and oxygen atoms in total. The van der Waals surface area contributed by atoms with Gasteiger partial charge in [0, 0.05) is 17.1 Å². The number of hydrogen-bond donors (Lipinski definition) is 2. The van der Waals surface area contributed by atoms with Crippen molar-refractivity contribution >= 4 is 27.9 Å².